The summed E-state index contributed by atoms with van der Waals surface area (Å²) in [6.07, 6.45) is 4.80. The third-order valence-electron chi connectivity index (χ3n) is 6.59. The van der Waals surface area contributed by atoms with Crippen molar-refractivity contribution >= 4 is 6.09 Å². The predicted molar refractivity (Wildman–Crippen MR) is 125 cm³/mol. The van der Waals surface area contributed by atoms with E-state index in [1.54, 1.807) is 11.0 Å². The predicted octanol–water partition coefficient (Wildman–Crippen LogP) is 5.49. The molecule has 34 heavy (non-hydrogen) atoms. The number of carbonyl (C=O) groups excluding carboxylic acids is 1. The number of rotatable bonds is 2. The zero-order valence-corrected chi connectivity index (χ0v) is 19.9. The lowest BCUT2D eigenvalue weighted by molar-refractivity contribution is 0.0214. The third-order valence-corrected chi connectivity index (χ3v) is 6.59. The minimum atomic E-state index is -0.570. The summed E-state index contributed by atoms with van der Waals surface area (Å²) in [6, 6.07) is 11.4. The summed E-state index contributed by atoms with van der Waals surface area (Å²) in [5.41, 5.74) is 2.45. The fraction of sp³-hybridized carbons (Fsp3) is 0.462. The fourth-order valence-electron chi connectivity index (χ4n) is 4.99. The number of nitrogens with zero attached hydrogens (tertiary/aromatic N) is 5. The number of halogens is 1. The van der Waals surface area contributed by atoms with E-state index in [-0.39, 0.29) is 17.8 Å². The van der Waals surface area contributed by atoms with E-state index in [0.717, 1.165) is 54.3 Å². The summed E-state index contributed by atoms with van der Waals surface area (Å²) in [4.78, 5) is 18.9. The van der Waals surface area contributed by atoms with Crippen LogP contribution in [-0.4, -0.2) is 36.3 Å². The van der Waals surface area contributed by atoms with Gasteiger partial charge in [-0.25, -0.2) is 9.18 Å². The second kappa shape index (κ2) is 8.81. The van der Waals surface area contributed by atoms with Gasteiger partial charge in [0.2, 0.25) is 0 Å². The first-order valence-corrected chi connectivity index (χ1v) is 11.9. The Bertz CT molecular complexity index is 1180. The third kappa shape index (κ3) is 4.54. The van der Waals surface area contributed by atoms with E-state index in [1.165, 1.54) is 12.3 Å². The Kier molecular flexibility index (Phi) is 5.83. The standard InChI is InChI=1S/C26H30FN5O2/c1-26(2,3)34-25(33)31-15-19-6-4-5-7-22(19)32-23(16-31)29-30-24(32)18-10-8-17(9-11-18)21-13-12-20(27)14-28-21/h4-7,12-14,17-18H,8-11,15-16H2,1-3H3. The van der Waals surface area contributed by atoms with E-state index in [9.17, 15) is 9.18 Å². The molecule has 1 amide bonds. The quantitative estimate of drug-likeness (QED) is 0.502. The summed E-state index contributed by atoms with van der Waals surface area (Å²) >= 11 is 0. The molecule has 0 N–H and O–H groups in total. The fourth-order valence-corrected chi connectivity index (χ4v) is 4.99. The van der Waals surface area contributed by atoms with E-state index in [1.807, 2.05) is 39.0 Å². The minimum absolute atomic E-state index is 0.263. The number of pyridine rings is 1. The highest BCUT2D eigenvalue weighted by atomic mass is 19.1. The molecule has 1 aliphatic heterocycles. The zero-order chi connectivity index (χ0) is 23.9. The van der Waals surface area contributed by atoms with Crippen molar-refractivity contribution in [2.45, 2.75) is 77.0 Å². The highest BCUT2D eigenvalue weighted by molar-refractivity contribution is 5.68. The maximum atomic E-state index is 13.3. The number of carbonyl (C=O) groups is 1. The first-order chi connectivity index (χ1) is 16.3. The number of aromatic nitrogens is 4. The molecule has 1 aromatic carbocycles. The Morgan fingerprint density at radius 1 is 1.00 bits per heavy atom. The molecule has 1 aliphatic carbocycles. The molecule has 3 heterocycles. The van der Waals surface area contributed by atoms with Crippen molar-refractivity contribution < 1.29 is 13.9 Å². The number of fused-ring (bicyclic) bond motifs is 3. The molecule has 8 heteroatoms. The van der Waals surface area contributed by atoms with Crippen LogP contribution < -0.4 is 0 Å². The van der Waals surface area contributed by atoms with Gasteiger partial charge in [-0.3, -0.25) is 14.5 Å². The topological polar surface area (TPSA) is 73.1 Å². The Morgan fingerprint density at radius 2 is 1.74 bits per heavy atom. The van der Waals surface area contributed by atoms with E-state index in [2.05, 4.69) is 25.8 Å². The van der Waals surface area contributed by atoms with Crippen molar-refractivity contribution in [1.29, 1.82) is 0 Å². The van der Waals surface area contributed by atoms with Crippen LogP contribution in [0.1, 0.15) is 81.2 Å². The van der Waals surface area contributed by atoms with Crippen LogP contribution in [0.4, 0.5) is 9.18 Å². The summed E-state index contributed by atoms with van der Waals surface area (Å²) in [5, 5.41) is 9.13. The smallest absolute Gasteiger partial charge is 0.411 e. The van der Waals surface area contributed by atoms with Crippen LogP contribution in [0, 0.1) is 5.82 Å². The van der Waals surface area contributed by atoms with Gasteiger partial charge in [0, 0.05) is 17.5 Å². The Hall–Kier alpha value is -3.29. The normalized spacial score (nSPS) is 20.3. The largest absolute Gasteiger partial charge is 0.444 e. The van der Waals surface area contributed by atoms with Crippen molar-refractivity contribution in [2.75, 3.05) is 0 Å². The number of hydrogen-bond acceptors (Lipinski definition) is 5. The van der Waals surface area contributed by atoms with Crippen LogP contribution in [0.2, 0.25) is 0 Å². The molecule has 0 saturated heterocycles. The van der Waals surface area contributed by atoms with Gasteiger partial charge in [-0.1, -0.05) is 18.2 Å². The van der Waals surface area contributed by atoms with Crippen LogP contribution in [0.3, 0.4) is 0 Å². The van der Waals surface area contributed by atoms with Gasteiger partial charge in [-0.15, -0.1) is 10.2 Å². The molecule has 1 fully saturated rings. The lowest BCUT2D eigenvalue weighted by Crippen LogP contribution is -2.35. The Labute approximate surface area is 199 Å². The van der Waals surface area contributed by atoms with E-state index >= 15 is 0 Å². The van der Waals surface area contributed by atoms with Crippen molar-refractivity contribution in [2.24, 2.45) is 0 Å². The maximum Gasteiger partial charge on any atom is 0.411 e. The van der Waals surface area contributed by atoms with Gasteiger partial charge in [-0.05, 0) is 70.2 Å². The van der Waals surface area contributed by atoms with Gasteiger partial charge in [0.1, 0.15) is 17.2 Å². The lowest BCUT2D eigenvalue weighted by atomic mass is 9.80. The summed E-state index contributed by atoms with van der Waals surface area (Å²) < 4.78 is 21.0. The molecule has 0 spiro atoms. The first-order valence-electron chi connectivity index (χ1n) is 11.9. The molecule has 5 rings (SSSR count). The van der Waals surface area contributed by atoms with Crippen LogP contribution >= 0.6 is 0 Å². The molecule has 0 bridgehead atoms. The number of para-hydroxylation sites is 1. The van der Waals surface area contributed by atoms with Gasteiger partial charge >= 0.3 is 6.09 Å². The summed E-state index contributed by atoms with van der Waals surface area (Å²) in [6.45, 7) is 6.40. The average molecular weight is 464 g/mol. The van der Waals surface area contributed by atoms with Gasteiger partial charge in [0.15, 0.2) is 5.82 Å². The molecule has 3 aromatic rings. The summed E-state index contributed by atoms with van der Waals surface area (Å²) in [5.74, 6) is 1.98. The molecular weight excluding hydrogens is 433 g/mol. The molecule has 0 radical (unpaired) electrons. The SMILES string of the molecule is CC(C)(C)OC(=O)N1Cc2ccccc2-n2c(nnc2C2CCC(c3ccc(F)cn3)CC2)C1. The molecule has 0 unspecified atom stereocenters. The molecule has 7 nitrogen and oxygen atoms in total. The van der Waals surface area contributed by atoms with Crippen molar-refractivity contribution in [3.05, 3.63) is 71.3 Å². The van der Waals surface area contributed by atoms with E-state index < -0.39 is 5.60 Å². The van der Waals surface area contributed by atoms with Crippen molar-refractivity contribution in [3.8, 4) is 5.69 Å². The van der Waals surface area contributed by atoms with Gasteiger partial charge in [0.25, 0.3) is 0 Å². The van der Waals surface area contributed by atoms with Gasteiger partial charge < -0.3 is 4.74 Å². The molecule has 0 atom stereocenters. The van der Waals surface area contributed by atoms with Gasteiger partial charge in [0.05, 0.1) is 25.0 Å². The number of hydrogen-bond donors (Lipinski definition) is 0. The van der Waals surface area contributed by atoms with Gasteiger partial charge in [-0.2, -0.15) is 0 Å². The van der Waals surface area contributed by atoms with E-state index in [0.29, 0.717) is 19.0 Å². The molecule has 2 aromatic heterocycles. The zero-order valence-electron chi connectivity index (χ0n) is 19.9. The second-order valence-corrected chi connectivity index (χ2v) is 10.2. The average Bonchev–Trinajstić information content (AvgIpc) is 3.14. The lowest BCUT2D eigenvalue weighted by Gasteiger charge is -2.28. The van der Waals surface area contributed by atoms with Crippen LogP contribution in [-0.2, 0) is 17.8 Å². The molecule has 2 aliphatic rings. The highest BCUT2D eigenvalue weighted by Crippen LogP contribution is 2.41. The number of ether oxygens (including phenoxy) is 1. The second-order valence-electron chi connectivity index (χ2n) is 10.2. The highest BCUT2D eigenvalue weighted by Gasteiger charge is 2.33. The number of benzene rings is 1. The van der Waals surface area contributed by atoms with Crippen LogP contribution in [0.5, 0.6) is 0 Å². The van der Waals surface area contributed by atoms with Crippen LogP contribution in [0.15, 0.2) is 42.6 Å². The first kappa shape index (κ1) is 22.5. The van der Waals surface area contributed by atoms with Crippen molar-refractivity contribution in [1.82, 2.24) is 24.6 Å². The number of amides is 1. The van der Waals surface area contributed by atoms with E-state index in [4.69, 9.17) is 4.74 Å². The minimum Gasteiger partial charge on any atom is -0.444 e. The Balaban J connectivity index is 1.41. The molecular formula is C26H30FN5O2. The Morgan fingerprint density at radius 3 is 2.44 bits per heavy atom. The maximum absolute atomic E-state index is 13.3. The van der Waals surface area contributed by atoms with Crippen molar-refractivity contribution in [3.63, 3.8) is 0 Å². The van der Waals surface area contributed by atoms with Crippen LogP contribution in [0.25, 0.3) is 5.69 Å². The molecule has 1 saturated carbocycles. The monoisotopic (exact) mass is 463 g/mol. The molecule has 178 valence electrons. The summed E-state index contributed by atoms with van der Waals surface area (Å²) in [7, 11) is 0.